The summed E-state index contributed by atoms with van der Waals surface area (Å²) in [5.74, 6) is -0.431. The lowest BCUT2D eigenvalue weighted by atomic mass is 10.3. The van der Waals surface area contributed by atoms with Gasteiger partial charge in [-0.05, 0) is 24.3 Å². The first-order chi connectivity index (χ1) is 7.33. The van der Waals surface area contributed by atoms with Crippen LogP contribution in [0.15, 0.2) is 42.9 Å². The summed E-state index contributed by atoms with van der Waals surface area (Å²) in [5.41, 5.74) is 1.03. The van der Waals surface area contributed by atoms with Crippen molar-refractivity contribution in [2.75, 3.05) is 7.11 Å². The summed E-state index contributed by atoms with van der Waals surface area (Å²) in [4.78, 5) is 15.4. The highest BCUT2D eigenvalue weighted by Gasteiger charge is 2.13. The minimum Gasteiger partial charge on any atom is -0.464 e. The fourth-order valence-corrected chi connectivity index (χ4v) is 1.35. The molecule has 76 valence electrons. The van der Waals surface area contributed by atoms with Crippen LogP contribution < -0.4 is 0 Å². The Bertz CT molecular complexity index is 463. The summed E-state index contributed by atoms with van der Waals surface area (Å²) >= 11 is 0. The van der Waals surface area contributed by atoms with Crippen LogP contribution in [0.4, 0.5) is 0 Å². The van der Waals surface area contributed by atoms with Gasteiger partial charge in [-0.1, -0.05) is 0 Å². The quantitative estimate of drug-likeness (QED) is 0.695. The van der Waals surface area contributed by atoms with E-state index in [2.05, 4.69) is 9.72 Å². The van der Waals surface area contributed by atoms with Crippen LogP contribution >= 0.6 is 0 Å². The van der Waals surface area contributed by atoms with Gasteiger partial charge in [0.2, 0.25) is 0 Å². The highest BCUT2D eigenvalue weighted by Crippen LogP contribution is 2.12. The number of methoxy groups -OCH3 is 1. The first kappa shape index (κ1) is 9.45. The van der Waals surface area contributed by atoms with Crippen molar-refractivity contribution < 1.29 is 9.53 Å². The fraction of sp³-hybridized carbons (Fsp3) is 0.0909. The van der Waals surface area contributed by atoms with Crippen LogP contribution in [0.3, 0.4) is 0 Å². The number of rotatable bonds is 2. The third-order valence-corrected chi connectivity index (χ3v) is 2.05. The maximum atomic E-state index is 11.4. The molecule has 0 saturated carbocycles. The average molecular weight is 202 g/mol. The SMILES string of the molecule is COC(=O)c1ncccc1-n1cccc1. The first-order valence-electron chi connectivity index (χ1n) is 4.49. The number of nitrogens with zero attached hydrogens (tertiary/aromatic N) is 2. The van der Waals surface area contributed by atoms with Crippen LogP contribution in [-0.4, -0.2) is 22.6 Å². The van der Waals surface area contributed by atoms with Gasteiger partial charge >= 0.3 is 5.97 Å². The number of hydrogen-bond acceptors (Lipinski definition) is 3. The van der Waals surface area contributed by atoms with Crippen LogP contribution in [0.2, 0.25) is 0 Å². The van der Waals surface area contributed by atoms with Crippen molar-refractivity contribution in [2.24, 2.45) is 0 Å². The molecule has 4 heteroatoms. The molecule has 15 heavy (non-hydrogen) atoms. The third-order valence-electron chi connectivity index (χ3n) is 2.05. The summed E-state index contributed by atoms with van der Waals surface area (Å²) in [7, 11) is 1.34. The number of carbonyl (C=O) groups is 1. The lowest BCUT2D eigenvalue weighted by Crippen LogP contribution is -2.09. The molecule has 0 amide bonds. The summed E-state index contributed by atoms with van der Waals surface area (Å²) in [5, 5.41) is 0. The van der Waals surface area contributed by atoms with Crippen molar-refractivity contribution in [1.29, 1.82) is 0 Å². The van der Waals surface area contributed by atoms with Crippen LogP contribution in [-0.2, 0) is 4.74 Å². The zero-order valence-electron chi connectivity index (χ0n) is 8.25. The lowest BCUT2D eigenvalue weighted by Gasteiger charge is -2.06. The molecule has 0 aromatic carbocycles. The second-order valence-electron chi connectivity index (χ2n) is 2.95. The van der Waals surface area contributed by atoms with E-state index in [1.165, 1.54) is 7.11 Å². The molecule has 0 fully saturated rings. The molecule has 2 aromatic rings. The smallest absolute Gasteiger partial charge is 0.358 e. The standard InChI is InChI=1S/C11H10N2O2/c1-15-11(14)10-9(5-4-6-12-10)13-7-2-3-8-13/h2-8H,1H3. The van der Waals surface area contributed by atoms with Crippen molar-refractivity contribution in [3.8, 4) is 5.69 Å². The van der Waals surface area contributed by atoms with E-state index in [1.807, 2.05) is 35.2 Å². The maximum absolute atomic E-state index is 11.4. The third kappa shape index (κ3) is 1.74. The van der Waals surface area contributed by atoms with E-state index in [1.54, 1.807) is 12.3 Å². The van der Waals surface area contributed by atoms with Crippen molar-refractivity contribution in [2.45, 2.75) is 0 Å². The molecular weight excluding hydrogens is 192 g/mol. The molecule has 0 aliphatic heterocycles. The molecule has 0 radical (unpaired) electrons. The normalized spacial score (nSPS) is 9.93. The Morgan fingerprint density at radius 2 is 2.07 bits per heavy atom. The Labute approximate surface area is 87.1 Å². The molecular formula is C11H10N2O2. The summed E-state index contributed by atoms with van der Waals surface area (Å²) < 4.78 is 6.48. The van der Waals surface area contributed by atoms with E-state index in [9.17, 15) is 4.79 Å². The van der Waals surface area contributed by atoms with E-state index in [0.717, 1.165) is 0 Å². The van der Waals surface area contributed by atoms with Gasteiger partial charge in [-0.3, -0.25) is 0 Å². The Balaban J connectivity index is 2.52. The summed E-state index contributed by atoms with van der Waals surface area (Å²) in [6.45, 7) is 0. The van der Waals surface area contributed by atoms with Gasteiger partial charge < -0.3 is 9.30 Å². The highest BCUT2D eigenvalue weighted by atomic mass is 16.5. The van der Waals surface area contributed by atoms with E-state index in [4.69, 9.17) is 0 Å². The van der Waals surface area contributed by atoms with Gasteiger partial charge in [-0.25, -0.2) is 9.78 Å². The fourth-order valence-electron chi connectivity index (χ4n) is 1.35. The number of aromatic nitrogens is 2. The van der Waals surface area contributed by atoms with Gasteiger partial charge in [0.25, 0.3) is 0 Å². The highest BCUT2D eigenvalue weighted by molar-refractivity contribution is 5.91. The molecule has 2 aromatic heterocycles. The Morgan fingerprint density at radius 3 is 2.73 bits per heavy atom. The molecule has 0 unspecified atom stereocenters. The number of ether oxygens (including phenoxy) is 1. The van der Waals surface area contributed by atoms with E-state index >= 15 is 0 Å². The molecule has 0 spiro atoms. The second-order valence-corrected chi connectivity index (χ2v) is 2.95. The number of hydrogen-bond donors (Lipinski definition) is 0. The lowest BCUT2D eigenvalue weighted by molar-refractivity contribution is 0.0594. The van der Waals surface area contributed by atoms with Crippen molar-refractivity contribution in [3.05, 3.63) is 48.5 Å². The number of carbonyl (C=O) groups excluding carboxylic acids is 1. The molecule has 0 aliphatic rings. The number of esters is 1. The van der Waals surface area contributed by atoms with Gasteiger partial charge in [0, 0.05) is 18.6 Å². The monoisotopic (exact) mass is 202 g/mol. The molecule has 0 saturated heterocycles. The van der Waals surface area contributed by atoms with E-state index in [-0.39, 0.29) is 0 Å². The molecule has 2 heterocycles. The largest absolute Gasteiger partial charge is 0.464 e. The van der Waals surface area contributed by atoms with Crippen molar-refractivity contribution >= 4 is 5.97 Å². The predicted molar refractivity (Wildman–Crippen MR) is 54.9 cm³/mol. The van der Waals surface area contributed by atoms with E-state index in [0.29, 0.717) is 11.4 Å². The van der Waals surface area contributed by atoms with Crippen LogP contribution in [0.25, 0.3) is 5.69 Å². The number of pyridine rings is 1. The van der Waals surface area contributed by atoms with Crippen LogP contribution in [0.1, 0.15) is 10.5 Å². The molecule has 0 bridgehead atoms. The maximum Gasteiger partial charge on any atom is 0.358 e. The van der Waals surface area contributed by atoms with Gasteiger partial charge in [-0.2, -0.15) is 0 Å². The summed E-state index contributed by atoms with van der Waals surface area (Å²) in [6.07, 6.45) is 5.27. The average Bonchev–Trinajstić information content (AvgIpc) is 2.81. The van der Waals surface area contributed by atoms with Gasteiger partial charge in [0.05, 0.1) is 12.8 Å². The predicted octanol–water partition coefficient (Wildman–Crippen LogP) is 1.66. The molecule has 0 N–H and O–H groups in total. The van der Waals surface area contributed by atoms with E-state index < -0.39 is 5.97 Å². The Morgan fingerprint density at radius 1 is 1.33 bits per heavy atom. The van der Waals surface area contributed by atoms with Gasteiger partial charge in [-0.15, -0.1) is 0 Å². The Kier molecular flexibility index (Phi) is 2.49. The molecule has 4 nitrogen and oxygen atoms in total. The first-order valence-corrected chi connectivity index (χ1v) is 4.49. The van der Waals surface area contributed by atoms with Crippen molar-refractivity contribution in [3.63, 3.8) is 0 Å². The molecule has 0 aliphatic carbocycles. The second kappa shape index (κ2) is 3.96. The minimum atomic E-state index is -0.431. The zero-order chi connectivity index (χ0) is 10.7. The van der Waals surface area contributed by atoms with Crippen molar-refractivity contribution in [1.82, 2.24) is 9.55 Å². The summed E-state index contributed by atoms with van der Waals surface area (Å²) in [6, 6.07) is 7.36. The van der Waals surface area contributed by atoms with Crippen LogP contribution in [0.5, 0.6) is 0 Å². The Hall–Kier alpha value is -2.10. The zero-order valence-corrected chi connectivity index (χ0v) is 8.25. The van der Waals surface area contributed by atoms with Crippen LogP contribution in [0, 0.1) is 0 Å². The van der Waals surface area contributed by atoms with Gasteiger partial charge in [0.1, 0.15) is 0 Å². The molecule has 2 rings (SSSR count). The molecule has 0 atom stereocenters. The minimum absolute atomic E-state index is 0.316. The topological polar surface area (TPSA) is 44.1 Å². The van der Waals surface area contributed by atoms with Gasteiger partial charge in [0.15, 0.2) is 5.69 Å².